The van der Waals surface area contributed by atoms with Gasteiger partial charge in [0.1, 0.15) is 12.4 Å². The van der Waals surface area contributed by atoms with Gasteiger partial charge in [0.2, 0.25) is 0 Å². The van der Waals surface area contributed by atoms with Crippen molar-refractivity contribution in [1.29, 1.82) is 0 Å². The highest BCUT2D eigenvalue weighted by Crippen LogP contribution is 2.36. The Labute approximate surface area is 187 Å². The SMILES string of the molecule is O=C(NC(=S)Nc1ccc(Cl)cc1C(F)(F)F)c1ccc(OCc2ccccc2)cc1. The molecule has 0 fully saturated rings. The van der Waals surface area contributed by atoms with Crippen LogP contribution in [-0.4, -0.2) is 11.0 Å². The molecule has 0 aliphatic rings. The van der Waals surface area contributed by atoms with Crippen molar-refractivity contribution in [2.75, 3.05) is 5.32 Å². The number of hydrogen-bond acceptors (Lipinski definition) is 3. The Bertz CT molecular complexity index is 1070. The van der Waals surface area contributed by atoms with Crippen LogP contribution in [0.2, 0.25) is 5.02 Å². The number of carbonyl (C=O) groups is 1. The number of thiocarbonyl (C=S) groups is 1. The van der Waals surface area contributed by atoms with Crippen molar-refractivity contribution >= 4 is 40.5 Å². The van der Waals surface area contributed by atoms with E-state index < -0.39 is 17.6 Å². The largest absolute Gasteiger partial charge is 0.489 e. The minimum atomic E-state index is -4.64. The fourth-order valence-corrected chi connectivity index (χ4v) is 3.01. The molecule has 9 heteroatoms. The van der Waals surface area contributed by atoms with Crippen molar-refractivity contribution in [2.24, 2.45) is 0 Å². The summed E-state index contributed by atoms with van der Waals surface area (Å²) in [5.41, 5.74) is -0.0343. The van der Waals surface area contributed by atoms with Gasteiger partial charge in [0.05, 0.1) is 11.3 Å². The first-order valence-electron chi connectivity index (χ1n) is 8.98. The Hall–Kier alpha value is -3.10. The molecule has 0 aromatic heterocycles. The number of nitrogens with one attached hydrogen (secondary N) is 2. The maximum absolute atomic E-state index is 13.2. The molecular formula is C22H16ClF3N2O2S. The van der Waals surface area contributed by atoms with E-state index in [1.807, 2.05) is 30.3 Å². The first-order valence-corrected chi connectivity index (χ1v) is 9.77. The van der Waals surface area contributed by atoms with Crippen LogP contribution in [0.1, 0.15) is 21.5 Å². The fraction of sp³-hybridized carbons (Fsp3) is 0.0909. The van der Waals surface area contributed by atoms with E-state index in [2.05, 4.69) is 10.6 Å². The maximum atomic E-state index is 13.2. The third-order valence-corrected chi connectivity index (χ3v) is 4.57. The average molecular weight is 465 g/mol. The van der Waals surface area contributed by atoms with Crippen molar-refractivity contribution in [3.8, 4) is 5.75 Å². The zero-order chi connectivity index (χ0) is 22.4. The van der Waals surface area contributed by atoms with Crippen LogP contribution in [0, 0.1) is 0 Å². The molecule has 0 spiro atoms. The second-order valence-electron chi connectivity index (χ2n) is 6.39. The molecule has 0 aliphatic heterocycles. The van der Waals surface area contributed by atoms with Gasteiger partial charge in [-0.2, -0.15) is 13.2 Å². The van der Waals surface area contributed by atoms with Crippen LogP contribution in [0.15, 0.2) is 72.8 Å². The Morgan fingerprint density at radius 1 is 1.00 bits per heavy atom. The summed E-state index contributed by atoms with van der Waals surface area (Å²) in [6, 6.07) is 19.1. The topological polar surface area (TPSA) is 50.4 Å². The minimum Gasteiger partial charge on any atom is -0.489 e. The van der Waals surface area contributed by atoms with Gasteiger partial charge in [-0.05, 0) is 60.2 Å². The van der Waals surface area contributed by atoms with Crippen LogP contribution < -0.4 is 15.4 Å². The third kappa shape index (κ3) is 6.44. The van der Waals surface area contributed by atoms with E-state index in [0.717, 1.165) is 17.7 Å². The summed E-state index contributed by atoms with van der Waals surface area (Å²) in [6.45, 7) is 0.378. The molecule has 1 amide bonds. The lowest BCUT2D eigenvalue weighted by molar-refractivity contribution is -0.136. The average Bonchev–Trinajstić information content (AvgIpc) is 2.74. The molecule has 3 rings (SSSR count). The van der Waals surface area contributed by atoms with E-state index in [4.69, 9.17) is 28.6 Å². The van der Waals surface area contributed by atoms with Crippen LogP contribution in [0.4, 0.5) is 18.9 Å². The first kappa shape index (κ1) is 22.6. The monoisotopic (exact) mass is 464 g/mol. The van der Waals surface area contributed by atoms with Gasteiger partial charge < -0.3 is 10.1 Å². The molecule has 3 aromatic rings. The molecule has 0 bridgehead atoms. The quantitative estimate of drug-likeness (QED) is 0.450. The fourth-order valence-electron chi connectivity index (χ4n) is 2.63. The number of rotatable bonds is 5. The summed E-state index contributed by atoms with van der Waals surface area (Å²) in [4.78, 5) is 12.3. The van der Waals surface area contributed by atoms with Crippen LogP contribution in [0.3, 0.4) is 0 Å². The van der Waals surface area contributed by atoms with Gasteiger partial charge in [-0.1, -0.05) is 41.9 Å². The molecule has 31 heavy (non-hydrogen) atoms. The van der Waals surface area contributed by atoms with E-state index >= 15 is 0 Å². The lowest BCUT2D eigenvalue weighted by atomic mass is 10.1. The summed E-state index contributed by atoms with van der Waals surface area (Å²) >= 11 is 10.6. The van der Waals surface area contributed by atoms with Gasteiger partial charge in [-0.25, -0.2) is 0 Å². The molecule has 4 nitrogen and oxygen atoms in total. The lowest BCUT2D eigenvalue weighted by Crippen LogP contribution is -2.34. The zero-order valence-corrected chi connectivity index (χ0v) is 17.4. The summed E-state index contributed by atoms with van der Waals surface area (Å²) in [5, 5.41) is 4.40. The van der Waals surface area contributed by atoms with Gasteiger partial charge in [-0.3, -0.25) is 10.1 Å². The number of anilines is 1. The Balaban J connectivity index is 1.59. The van der Waals surface area contributed by atoms with Crippen molar-refractivity contribution < 1.29 is 22.7 Å². The van der Waals surface area contributed by atoms with Crippen LogP contribution >= 0.6 is 23.8 Å². The first-order chi connectivity index (χ1) is 14.7. The zero-order valence-electron chi connectivity index (χ0n) is 15.9. The number of halogens is 4. The predicted molar refractivity (Wildman–Crippen MR) is 117 cm³/mol. The summed E-state index contributed by atoms with van der Waals surface area (Å²) in [6.07, 6.45) is -4.64. The molecule has 0 saturated heterocycles. The van der Waals surface area contributed by atoms with Crippen molar-refractivity contribution in [2.45, 2.75) is 12.8 Å². The number of carbonyl (C=O) groups excluding carboxylic acids is 1. The van der Waals surface area contributed by atoms with Crippen molar-refractivity contribution in [3.05, 3.63) is 94.5 Å². The highest BCUT2D eigenvalue weighted by atomic mass is 35.5. The molecular weight excluding hydrogens is 449 g/mol. The molecule has 0 heterocycles. The summed E-state index contributed by atoms with van der Waals surface area (Å²) in [7, 11) is 0. The highest BCUT2D eigenvalue weighted by Gasteiger charge is 2.34. The highest BCUT2D eigenvalue weighted by molar-refractivity contribution is 7.80. The second-order valence-corrected chi connectivity index (χ2v) is 7.24. The molecule has 0 saturated carbocycles. The Morgan fingerprint density at radius 2 is 1.68 bits per heavy atom. The summed E-state index contributed by atoms with van der Waals surface area (Å²) in [5.74, 6) is -0.00767. The smallest absolute Gasteiger partial charge is 0.418 e. The van der Waals surface area contributed by atoms with Crippen LogP contribution in [-0.2, 0) is 12.8 Å². The lowest BCUT2D eigenvalue weighted by Gasteiger charge is -2.16. The normalized spacial score (nSPS) is 11.0. The van der Waals surface area contributed by atoms with E-state index in [9.17, 15) is 18.0 Å². The Kier molecular flexibility index (Phi) is 7.14. The maximum Gasteiger partial charge on any atom is 0.418 e. The van der Waals surface area contributed by atoms with Crippen LogP contribution in [0.5, 0.6) is 5.75 Å². The van der Waals surface area contributed by atoms with E-state index in [-0.39, 0.29) is 21.4 Å². The van der Waals surface area contributed by atoms with Gasteiger partial charge in [-0.15, -0.1) is 0 Å². The number of benzene rings is 3. The third-order valence-electron chi connectivity index (χ3n) is 4.13. The molecule has 3 aromatic carbocycles. The number of amides is 1. The van der Waals surface area contributed by atoms with E-state index in [1.54, 1.807) is 12.1 Å². The Morgan fingerprint density at radius 3 is 2.32 bits per heavy atom. The van der Waals surface area contributed by atoms with E-state index in [1.165, 1.54) is 18.2 Å². The second kappa shape index (κ2) is 9.80. The van der Waals surface area contributed by atoms with Gasteiger partial charge in [0, 0.05) is 10.6 Å². The van der Waals surface area contributed by atoms with Gasteiger partial charge in [0.15, 0.2) is 5.11 Å². The number of hydrogen-bond donors (Lipinski definition) is 2. The molecule has 0 radical (unpaired) electrons. The van der Waals surface area contributed by atoms with E-state index in [0.29, 0.717) is 12.4 Å². The van der Waals surface area contributed by atoms with Gasteiger partial charge in [0.25, 0.3) is 5.91 Å². The minimum absolute atomic E-state index is 0.0672. The molecule has 160 valence electrons. The van der Waals surface area contributed by atoms with Crippen molar-refractivity contribution in [1.82, 2.24) is 5.32 Å². The molecule has 0 atom stereocenters. The molecule has 0 aliphatic carbocycles. The molecule has 0 unspecified atom stereocenters. The van der Waals surface area contributed by atoms with Crippen molar-refractivity contribution in [3.63, 3.8) is 0 Å². The number of ether oxygens (including phenoxy) is 1. The number of alkyl halides is 3. The predicted octanol–water partition coefficient (Wildman–Crippen LogP) is 6.06. The van der Waals surface area contributed by atoms with Crippen LogP contribution in [0.25, 0.3) is 0 Å². The molecule has 2 N–H and O–H groups in total. The standard InChI is InChI=1S/C22H16ClF3N2O2S/c23-16-8-11-19(18(12-16)22(24,25)26)27-21(31)28-20(29)15-6-9-17(10-7-15)30-13-14-4-2-1-3-5-14/h1-12H,13H2,(H2,27,28,29,31). The van der Waals surface area contributed by atoms with Gasteiger partial charge >= 0.3 is 6.18 Å². The summed E-state index contributed by atoms with van der Waals surface area (Å²) < 4.78 is 45.2.